The smallest absolute Gasteiger partial charge is 0.258 e. The molecule has 0 saturated heterocycles. The van der Waals surface area contributed by atoms with Crippen molar-refractivity contribution >= 4 is 21.8 Å². The molecule has 0 radical (unpaired) electrons. The fourth-order valence-electron chi connectivity index (χ4n) is 1.88. The Morgan fingerprint density at radius 3 is 2.50 bits per heavy atom. The Kier molecular flexibility index (Phi) is 5.95. The van der Waals surface area contributed by atoms with Crippen molar-refractivity contribution in [2.24, 2.45) is 0 Å². The number of carbonyl (C=O) groups is 1. The Hall–Kier alpha value is -1.88. The average Bonchev–Trinajstić information content (AvgIpc) is 2.53. The van der Waals surface area contributed by atoms with Gasteiger partial charge in [-0.25, -0.2) is 4.39 Å². The Morgan fingerprint density at radius 1 is 1.18 bits per heavy atom. The van der Waals surface area contributed by atoms with E-state index >= 15 is 0 Å². The highest BCUT2D eigenvalue weighted by atomic mass is 79.9. The van der Waals surface area contributed by atoms with E-state index in [9.17, 15) is 9.18 Å². The Labute approximate surface area is 137 Å². The lowest BCUT2D eigenvalue weighted by Crippen LogP contribution is -2.28. The summed E-state index contributed by atoms with van der Waals surface area (Å²) < 4.78 is 19.1. The van der Waals surface area contributed by atoms with Gasteiger partial charge in [0.05, 0.1) is 4.47 Å². The predicted octanol–water partition coefficient (Wildman–Crippen LogP) is 3.85. The molecule has 0 aliphatic carbocycles. The van der Waals surface area contributed by atoms with Crippen LogP contribution in [-0.2, 0) is 17.8 Å². The summed E-state index contributed by atoms with van der Waals surface area (Å²) in [7, 11) is 0. The van der Waals surface area contributed by atoms with Crippen LogP contribution in [0.2, 0.25) is 0 Å². The van der Waals surface area contributed by atoms with Crippen molar-refractivity contribution in [3.8, 4) is 5.75 Å². The van der Waals surface area contributed by atoms with Gasteiger partial charge in [0, 0.05) is 6.54 Å². The third-order valence-electron chi connectivity index (χ3n) is 3.17. The standard InChI is InChI=1S/C17H17BrFNO2/c1-2-12-5-8-16(15(18)9-12)22-11-17(21)20-10-13-3-6-14(19)7-4-13/h3-9H,2,10-11H2,1H3,(H,20,21). The number of amides is 1. The van der Waals surface area contributed by atoms with E-state index in [2.05, 4.69) is 28.2 Å². The zero-order chi connectivity index (χ0) is 15.9. The molecular formula is C17H17BrFNO2. The fourth-order valence-corrected chi connectivity index (χ4v) is 2.42. The number of hydrogen-bond donors (Lipinski definition) is 1. The molecular weight excluding hydrogens is 349 g/mol. The maximum atomic E-state index is 12.8. The Bertz CT molecular complexity index is 644. The largest absolute Gasteiger partial charge is 0.483 e. The van der Waals surface area contributed by atoms with Crippen molar-refractivity contribution < 1.29 is 13.9 Å². The highest BCUT2D eigenvalue weighted by Gasteiger charge is 2.06. The van der Waals surface area contributed by atoms with Crippen LogP contribution in [0, 0.1) is 5.82 Å². The van der Waals surface area contributed by atoms with Crippen molar-refractivity contribution in [1.29, 1.82) is 0 Å². The molecule has 2 rings (SSSR count). The van der Waals surface area contributed by atoms with Crippen LogP contribution in [0.4, 0.5) is 4.39 Å². The van der Waals surface area contributed by atoms with E-state index in [1.807, 2.05) is 18.2 Å². The van der Waals surface area contributed by atoms with Crippen LogP contribution in [0.15, 0.2) is 46.9 Å². The van der Waals surface area contributed by atoms with Crippen LogP contribution in [0.1, 0.15) is 18.1 Å². The van der Waals surface area contributed by atoms with Crippen molar-refractivity contribution in [2.75, 3.05) is 6.61 Å². The van der Waals surface area contributed by atoms with Crippen LogP contribution in [0.5, 0.6) is 5.75 Å². The normalized spacial score (nSPS) is 10.3. The first-order chi connectivity index (χ1) is 10.6. The van der Waals surface area contributed by atoms with Gasteiger partial charge in [-0.15, -0.1) is 0 Å². The number of halogens is 2. The Morgan fingerprint density at radius 2 is 1.86 bits per heavy atom. The van der Waals surface area contributed by atoms with Gasteiger partial charge in [0.15, 0.2) is 6.61 Å². The molecule has 0 unspecified atom stereocenters. The molecule has 2 aromatic rings. The number of benzene rings is 2. The van der Waals surface area contributed by atoms with Gasteiger partial charge >= 0.3 is 0 Å². The summed E-state index contributed by atoms with van der Waals surface area (Å²) in [4.78, 5) is 11.8. The van der Waals surface area contributed by atoms with Crippen LogP contribution in [-0.4, -0.2) is 12.5 Å². The molecule has 0 aliphatic heterocycles. The second-order valence-electron chi connectivity index (χ2n) is 4.81. The molecule has 116 valence electrons. The zero-order valence-electron chi connectivity index (χ0n) is 12.2. The van der Waals surface area contributed by atoms with E-state index < -0.39 is 0 Å². The molecule has 2 aromatic carbocycles. The second kappa shape index (κ2) is 7.94. The molecule has 0 fully saturated rings. The van der Waals surface area contributed by atoms with Crippen molar-refractivity contribution in [3.05, 3.63) is 63.9 Å². The summed E-state index contributed by atoms with van der Waals surface area (Å²) >= 11 is 3.43. The van der Waals surface area contributed by atoms with Gasteiger partial charge in [-0.2, -0.15) is 0 Å². The highest BCUT2D eigenvalue weighted by molar-refractivity contribution is 9.10. The first-order valence-corrected chi connectivity index (χ1v) is 7.80. The van der Waals surface area contributed by atoms with Gasteiger partial charge in [0.1, 0.15) is 11.6 Å². The number of ether oxygens (including phenoxy) is 1. The predicted molar refractivity (Wildman–Crippen MR) is 87.3 cm³/mol. The molecule has 0 aliphatic rings. The van der Waals surface area contributed by atoms with Gasteiger partial charge in [0.25, 0.3) is 5.91 Å². The summed E-state index contributed by atoms with van der Waals surface area (Å²) in [5, 5.41) is 2.73. The molecule has 0 atom stereocenters. The van der Waals surface area contributed by atoms with E-state index in [0.717, 1.165) is 16.5 Å². The van der Waals surface area contributed by atoms with E-state index in [0.29, 0.717) is 12.3 Å². The first-order valence-electron chi connectivity index (χ1n) is 7.01. The SMILES string of the molecule is CCc1ccc(OCC(=O)NCc2ccc(F)cc2)c(Br)c1. The fraction of sp³-hybridized carbons (Fsp3) is 0.235. The Balaban J connectivity index is 1.81. The summed E-state index contributed by atoms with van der Waals surface area (Å²) in [6, 6.07) is 11.8. The third-order valence-corrected chi connectivity index (χ3v) is 3.79. The maximum Gasteiger partial charge on any atom is 0.258 e. The van der Waals surface area contributed by atoms with Crippen molar-refractivity contribution in [3.63, 3.8) is 0 Å². The zero-order valence-corrected chi connectivity index (χ0v) is 13.8. The summed E-state index contributed by atoms with van der Waals surface area (Å²) in [5.74, 6) is 0.115. The van der Waals surface area contributed by atoms with Crippen molar-refractivity contribution in [2.45, 2.75) is 19.9 Å². The molecule has 5 heteroatoms. The molecule has 0 heterocycles. The lowest BCUT2D eigenvalue weighted by atomic mass is 10.2. The number of nitrogens with one attached hydrogen (secondary N) is 1. The summed E-state index contributed by atoms with van der Waals surface area (Å²) in [6.07, 6.45) is 0.942. The minimum Gasteiger partial charge on any atom is -0.483 e. The molecule has 3 nitrogen and oxygen atoms in total. The van der Waals surface area contributed by atoms with Gasteiger partial charge in [-0.1, -0.05) is 25.1 Å². The number of rotatable bonds is 6. The van der Waals surface area contributed by atoms with E-state index in [1.54, 1.807) is 12.1 Å². The van der Waals surface area contributed by atoms with Gasteiger partial charge in [0.2, 0.25) is 0 Å². The van der Waals surface area contributed by atoms with Crippen LogP contribution < -0.4 is 10.1 Å². The van der Waals surface area contributed by atoms with Crippen molar-refractivity contribution in [1.82, 2.24) is 5.32 Å². The molecule has 1 amide bonds. The maximum absolute atomic E-state index is 12.8. The van der Waals surface area contributed by atoms with Gasteiger partial charge < -0.3 is 10.1 Å². The summed E-state index contributed by atoms with van der Waals surface area (Å²) in [6.45, 7) is 2.36. The second-order valence-corrected chi connectivity index (χ2v) is 5.66. The lowest BCUT2D eigenvalue weighted by Gasteiger charge is -2.10. The van der Waals surface area contributed by atoms with E-state index in [1.165, 1.54) is 17.7 Å². The van der Waals surface area contributed by atoms with E-state index in [4.69, 9.17) is 4.74 Å². The first kappa shape index (κ1) is 16.5. The summed E-state index contributed by atoms with van der Waals surface area (Å²) in [5.41, 5.74) is 2.03. The average molecular weight is 366 g/mol. The minimum absolute atomic E-state index is 0.0642. The minimum atomic E-state index is -0.293. The molecule has 1 N–H and O–H groups in total. The van der Waals surface area contributed by atoms with Crippen LogP contribution in [0.3, 0.4) is 0 Å². The van der Waals surface area contributed by atoms with Gasteiger partial charge in [-0.3, -0.25) is 4.79 Å². The number of carbonyl (C=O) groups excluding carboxylic acids is 1. The quantitative estimate of drug-likeness (QED) is 0.844. The third kappa shape index (κ3) is 4.84. The van der Waals surface area contributed by atoms with E-state index in [-0.39, 0.29) is 18.3 Å². The molecule has 0 aromatic heterocycles. The molecule has 22 heavy (non-hydrogen) atoms. The topological polar surface area (TPSA) is 38.3 Å². The number of aryl methyl sites for hydroxylation is 1. The number of hydrogen-bond acceptors (Lipinski definition) is 2. The molecule has 0 bridgehead atoms. The molecule has 0 saturated carbocycles. The highest BCUT2D eigenvalue weighted by Crippen LogP contribution is 2.26. The van der Waals surface area contributed by atoms with Crippen LogP contribution >= 0.6 is 15.9 Å². The monoisotopic (exact) mass is 365 g/mol. The molecule has 0 spiro atoms. The lowest BCUT2D eigenvalue weighted by molar-refractivity contribution is -0.123. The van der Waals surface area contributed by atoms with Crippen LogP contribution in [0.25, 0.3) is 0 Å². The van der Waals surface area contributed by atoms with Gasteiger partial charge in [-0.05, 0) is 57.7 Å².